The molecule has 0 spiro atoms. The Morgan fingerprint density at radius 3 is 2.64 bits per heavy atom. The number of rotatable bonds is 4. The number of carboxylic acids is 1. The second-order valence-electron chi connectivity index (χ2n) is 4.58. The normalized spacial score (nSPS) is 9.68. The summed E-state index contributed by atoms with van der Waals surface area (Å²) < 4.78 is 0. The number of aromatic carboxylic acids is 1. The third-order valence-electron chi connectivity index (χ3n) is 2.85. The first-order valence-electron chi connectivity index (χ1n) is 6.68. The number of aromatic amines is 1. The molecule has 22 heavy (non-hydrogen) atoms. The van der Waals surface area contributed by atoms with Gasteiger partial charge in [0, 0.05) is 31.0 Å². The molecule has 0 radical (unpaired) electrons. The molecule has 0 saturated heterocycles. The predicted molar refractivity (Wildman–Crippen MR) is 81.2 cm³/mol. The van der Waals surface area contributed by atoms with Gasteiger partial charge in [0.25, 0.3) is 0 Å². The number of carbonyl (C=O) groups excluding carboxylic acids is 1. The summed E-state index contributed by atoms with van der Waals surface area (Å²) in [7, 11) is 0. The van der Waals surface area contributed by atoms with Crippen molar-refractivity contribution in [1.29, 1.82) is 0 Å². The predicted octanol–water partition coefficient (Wildman–Crippen LogP) is 1.65. The second kappa shape index (κ2) is 7.09. The molecule has 0 fully saturated rings. The van der Waals surface area contributed by atoms with Crippen LogP contribution in [0.4, 0.5) is 0 Å². The highest BCUT2D eigenvalue weighted by Gasteiger charge is 2.08. The average Bonchev–Trinajstić information content (AvgIpc) is 2.97. The standard InChI is InChI=1S/C16H15N3O3/c1-11(20)17-9-3-2-4-12-5-7-13(8-6-12)14-10-15(16(21)22)19-18-14/h5-8,10H,3,9H2,1H3,(H,17,20)(H,18,19)(H,21,22). The minimum absolute atomic E-state index is 0.0526. The summed E-state index contributed by atoms with van der Waals surface area (Å²) in [6.45, 7) is 2.00. The van der Waals surface area contributed by atoms with Crippen molar-refractivity contribution in [2.45, 2.75) is 13.3 Å². The van der Waals surface area contributed by atoms with Crippen LogP contribution in [0.2, 0.25) is 0 Å². The van der Waals surface area contributed by atoms with Crippen LogP contribution in [0.1, 0.15) is 29.4 Å². The molecular weight excluding hydrogens is 282 g/mol. The minimum Gasteiger partial charge on any atom is -0.477 e. The Bertz CT molecular complexity index is 736. The summed E-state index contributed by atoms with van der Waals surface area (Å²) in [5.41, 5.74) is 2.28. The maximum atomic E-state index is 10.8. The Kier molecular flexibility index (Phi) is 4.94. The van der Waals surface area contributed by atoms with Gasteiger partial charge in [-0.2, -0.15) is 5.10 Å². The van der Waals surface area contributed by atoms with Crippen molar-refractivity contribution in [2.75, 3.05) is 6.54 Å². The molecule has 0 unspecified atom stereocenters. The first-order valence-corrected chi connectivity index (χ1v) is 6.68. The van der Waals surface area contributed by atoms with E-state index in [1.54, 1.807) is 0 Å². The Balaban J connectivity index is 1.99. The molecule has 1 aromatic heterocycles. The van der Waals surface area contributed by atoms with Gasteiger partial charge >= 0.3 is 5.97 Å². The lowest BCUT2D eigenvalue weighted by molar-refractivity contribution is -0.118. The van der Waals surface area contributed by atoms with Crippen LogP contribution in [0.5, 0.6) is 0 Å². The Morgan fingerprint density at radius 2 is 2.05 bits per heavy atom. The lowest BCUT2D eigenvalue weighted by Gasteiger charge is -1.97. The van der Waals surface area contributed by atoms with E-state index in [4.69, 9.17) is 5.11 Å². The fourth-order valence-electron chi connectivity index (χ4n) is 1.77. The summed E-state index contributed by atoms with van der Waals surface area (Å²) in [4.78, 5) is 21.5. The molecule has 0 aliphatic heterocycles. The van der Waals surface area contributed by atoms with Gasteiger partial charge in [-0.05, 0) is 18.2 Å². The third kappa shape index (κ3) is 4.21. The molecule has 1 heterocycles. The lowest BCUT2D eigenvalue weighted by Crippen LogP contribution is -2.20. The number of carboxylic acid groups (broad SMARTS) is 1. The van der Waals surface area contributed by atoms with Gasteiger partial charge in [0.05, 0.1) is 5.69 Å². The zero-order valence-corrected chi connectivity index (χ0v) is 12.0. The number of hydrogen-bond acceptors (Lipinski definition) is 3. The van der Waals surface area contributed by atoms with Crippen molar-refractivity contribution < 1.29 is 14.7 Å². The van der Waals surface area contributed by atoms with Crippen molar-refractivity contribution in [1.82, 2.24) is 15.5 Å². The highest BCUT2D eigenvalue weighted by Crippen LogP contribution is 2.18. The molecular formula is C16H15N3O3. The maximum absolute atomic E-state index is 10.8. The van der Waals surface area contributed by atoms with E-state index in [2.05, 4.69) is 27.4 Å². The highest BCUT2D eigenvalue weighted by atomic mass is 16.4. The summed E-state index contributed by atoms with van der Waals surface area (Å²) in [6.07, 6.45) is 0.586. The van der Waals surface area contributed by atoms with E-state index in [1.165, 1.54) is 13.0 Å². The molecule has 0 saturated carbocycles. The Labute approximate surface area is 127 Å². The fraction of sp³-hybridized carbons (Fsp3) is 0.188. The third-order valence-corrected chi connectivity index (χ3v) is 2.85. The molecule has 6 heteroatoms. The molecule has 0 bridgehead atoms. The highest BCUT2D eigenvalue weighted by molar-refractivity contribution is 5.86. The van der Waals surface area contributed by atoms with Gasteiger partial charge in [0.1, 0.15) is 5.69 Å². The molecule has 112 valence electrons. The topological polar surface area (TPSA) is 95.1 Å². The SMILES string of the molecule is CC(=O)NCCC#Cc1ccc(-c2cc(C(=O)O)[nH]n2)cc1. The van der Waals surface area contributed by atoms with Crippen molar-refractivity contribution >= 4 is 11.9 Å². The zero-order chi connectivity index (χ0) is 15.9. The van der Waals surface area contributed by atoms with Gasteiger partial charge < -0.3 is 10.4 Å². The molecule has 0 aliphatic carbocycles. The van der Waals surface area contributed by atoms with Crippen molar-refractivity contribution in [3.8, 4) is 23.1 Å². The van der Waals surface area contributed by atoms with Gasteiger partial charge in [-0.3, -0.25) is 9.89 Å². The van der Waals surface area contributed by atoms with Crippen molar-refractivity contribution in [2.24, 2.45) is 0 Å². The average molecular weight is 297 g/mol. The summed E-state index contributed by atoms with van der Waals surface area (Å²) in [6, 6.07) is 8.83. The monoisotopic (exact) mass is 297 g/mol. The molecule has 2 rings (SSSR count). The van der Waals surface area contributed by atoms with Gasteiger partial charge in [-0.1, -0.05) is 24.0 Å². The van der Waals surface area contributed by atoms with Gasteiger partial charge in [0.2, 0.25) is 5.91 Å². The van der Waals surface area contributed by atoms with Crippen LogP contribution >= 0.6 is 0 Å². The van der Waals surface area contributed by atoms with Crippen LogP contribution in [-0.2, 0) is 4.79 Å². The number of benzene rings is 1. The number of amides is 1. The van der Waals surface area contributed by atoms with Gasteiger partial charge in [-0.25, -0.2) is 4.79 Å². The first-order chi connectivity index (χ1) is 10.6. The Hall–Kier alpha value is -3.07. The number of H-pyrrole nitrogens is 1. The van der Waals surface area contributed by atoms with Crippen molar-refractivity contribution in [3.05, 3.63) is 41.6 Å². The first kappa shape index (κ1) is 15.3. The van der Waals surface area contributed by atoms with E-state index >= 15 is 0 Å². The number of nitrogens with zero attached hydrogens (tertiary/aromatic N) is 1. The zero-order valence-electron chi connectivity index (χ0n) is 12.0. The molecule has 0 atom stereocenters. The smallest absolute Gasteiger partial charge is 0.353 e. The Morgan fingerprint density at radius 1 is 1.32 bits per heavy atom. The van der Waals surface area contributed by atoms with Crippen LogP contribution < -0.4 is 5.32 Å². The lowest BCUT2D eigenvalue weighted by atomic mass is 10.1. The molecule has 0 aliphatic rings. The van der Waals surface area contributed by atoms with Gasteiger partial charge in [-0.15, -0.1) is 0 Å². The summed E-state index contributed by atoms with van der Waals surface area (Å²) in [5.74, 6) is 4.86. The van der Waals surface area contributed by atoms with E-state index in [1.807, 2.05) is 24.3 Å². The van der Waals surface area contributed by atoms with Crippen LogP contribution in [-0.4, -0.2) is 33.7 Å². The number of hydrogen-bond donors (Lipinski definition) is 3. The van der Waals surface area contributed by atoms with E-state index in [-0.39, 0.29) is 11.6 Å². The maximum Gasteiger partial charge on any atom is 0.353 e. The van der Waals surface area contributed by atoms with E-state index in [0.29, 0.717) is 18.7 Å². The van der Waals surface area contributed by atoms with Crippen LogP contribution in [0.15, 0.2) is 30.3 Å². The van der Waals surface area contributed by atoms with Crippen LogP contribution in [0, 0.1) is 11.8 Å². The van der Waals surface area contributed by atoms with E-state index in [0.717, 1.165) is 11.1 Å². The number of nitrogens with one attached hydrogen (secondary N) is 2. The minimum atomic E-state index is -1.04. The number of aromatic nitrogens is 2. The second-order valence-corrected chi connectivity index (χ2v) is 4.58. The van der Waals surface area contributed by atoms with Crippen LogP contribution in [0.25, 0.3) is 11.3 Å². The molecule has 1 amide bonds. The quantitative estimate of drug-likeness (QED) is 0.590. The van der Waals surface area contributed by atoms with E-state index < -0.39 is 5.97 Å². The summed E-state index contributed by atoms with van der Waals surface area (Å²) >= 11 is 0. The fourth-order valence-corrected chi connectivity index (χ4v) is 1.77. The molecule has 6 nitrogen and oxygen atoms in total. The van der Waals surface area contributed by atoms with Gasteiger partial charge in [0.15, 0.2) is 0 Å². The molecule has 3 N–H and O–H groups in total. The number of carbonyl (C=O) groups is 2. The summed E-state index contributed by atoms with van der Waals surface area (Å²) in [5, 5.41) is 17.9. The molecule has 2 aromatic rings. The largest absolute Gasteiger partial charge is 0.477 e. The molecule has 1 aromatic carbocycles. The van der Waals surface area contributed by atoms with Crippen LogP contribution in [0.3, 0.4) is 0 Å². The van der Waals surface area contributed by atoms with E-state index in [9.17, 15) is 9.59 Å². The van der Waals surface area contributed by atoms with Crippen molar-refractivity contribution in [3.63, 3.8) is 0 Å².